The molecule has 1 unspecified atom stereocenters. The predicted octanol–water partition coefficient (Wildman–Crippen LogP) is 4.55. The van der Waals surface area contributed by atoms with Crippen molar-refractivity contribution in [1.82, 2.24) is 19.8 Å². The molecule has 8 nitrogen and oxygen atoms in total. The molecular formula is C33H41N5O3. The van der Waals surface area contributed by atoms with Crippen molar-refractivity contribution in [3.8, 4) is 11.8 Å². The molecule has 1 amide bonds. The number of anilines is 1. The second-order valence-corrected chi connectivity index (χ2v) is 12.1. The Balaban J connectivity index is 1.36. The summed E-state index contributed by atoms with van der Waals surface area (Å²) in [6, 6.07) is 13.0. The highest BCUT2D eigenvalue weighted by Crippen LogP contribution is 2.43. The highest BCUT2D eigenvalue weighted by Gasteiger charge is 2.36. The molecule has 2 saturated heterocycles. The number of aromatic nitrogens is 2. The van der Waals surface area contributed by atoms with Gasteiger partial charge in [-0.05, 0) is 92.6 Å². The molecule has 3 aliphatic rings. The Kier molecular flexibility index (Phi) is 7.60. The number of nitrogens with zero attached hydrogens (tertiary/aromatic N) is 5. The van der Waals surface area contributed by atoms with Crippen LogP contribution in [0.2, 0.25) is 0 Å². The fourth-order valence-electron chi connectivity index (χ4n) is 7.06. The normalized spacial score (nSPS) is 24.9. The molecule has 4 atom stereocenters. The van der Waals surface area contributed by atoms with Gasteiger partial charge in [0.05, 0.1) is 5.69 Å². The number of likely N-dealkylation sites (tertiary alicyclic amines) is 1. The maximum atomic E-state index is 12.3. The highest BCUT2D eigenvalue weighted by atomic mass is 16.5. The monoisotopic (exact) mass is 555 g/mol. The molecule has 6 rings (SSSR count). The summed E-state index contributed by atoms with van der Waals surface area (Å²) in [5.74, 6) is 1.74. The van der Waals surface area contributed by atoms with Crippen LogP contribution in [-0.4, -0.2) is 82.7 Å². The predicted molar refractivity (Wildman–Crippen MR) is 162 cm³/mol. The Morgan fingerprint density at radius 1 is 1.15 bits per heavy atom. The van der Waals surface area contributed by atoms with Gasteiger partial charge in [-0.3, -0.25) is 4.79 Å². The number of phenols is 1. The van der Waals surface area contributed by atoms with Gasteiger partial charge in [-0.15, -0.1) is 0 Å². The molecule has 41 heavy (non-hydrogen) atoms. The van der Waals surface area contributed by atoms with Crippen molar-refractivity contribution >= 4 is 22.5 Å². The minimum absolute atomic E-state index is 0.0271. The number of phenolic OH excluding ortho intramolecular Hbond substituents is 1. The van der Waals surface area contributed by atoms with Crippen LogP contribution in [0.3, 0.4) is 0 Å². The largest absolute Gasteiger partial charge is 0.508 e. The molecule has 1 aliphatic carbocycles. The molecule has 216 valence electrons. The quantitative estimate of drug-likeness (QED) is 0.447. The van der Waals surface area contributed by atoms with Gasteiger partial charge >= 0.3 is 6.01 Å². The maximum absolute atomic E-state index is 12.3. The number of carbonyl (C=O) groups is 1. The molecule has 0 spiro atoms. The van der Waals surface area contributed by atoms with Gasteiger partial charge in [-0.1, -0.05) is 37.8 Å². The summed E-state index contributed by atoms with van der Waals surface area (Å²) in [4.78, 5) is 28.9. The second-order valence-electron chi connectivity index (χ2n) is 12.1. The number of hydrogen-bond donors (Lipinski definition) is 1. The van der Waals surface area contributed by atoms with Crippen molar-refractivity contribution in [3.63, 3.8) is 0 Å². The first-order valence-electron chi connectivity index (χ1n) is 14.9. The van der Waals surface area contributed by atoms with Crippen molar-refractivity contribution in [2.75, 3.05) is 44.7 Å². The Bertz CT molecular complexity index is 1460. The number of piperazine rings is 1. The third kappa shape index (κ3) is 5.37. The molecule has 0 saturated carbocycles. The van der Waals surface area contributed by atoms with Crippen LogP contribution in [0.5, 0.6) is 11.8 Å². The minimum atomic E-state index is -0.0271. The zero-order chi connectivity index (χ0) is 28.7. The zero-order valence-corrected chi connectivity index (χ0v) is 24.4. The van der Waals surface area contributed by atoms with Gasteiger partial charge in [0.1, 0.15) is 18.2 Å². The van der Waals surface area contributed by atoms with E-state index in [1.54, 1.807) is 0 Å². The number of carbonyl (C=O) groups excluding carboxylic acids is 1. The molecule has 1 N–H and O–H groups in total. The zero-order valence-electron chi connectivity index (χ0n) is 24.4. The van der Waals surface area contributed by atoms with Crippen molar-refractivity contribution < 1.29 is 14.6 Å². The lowest BCUT2D eigenvalue weighted by atomic mass is 9.74. The van der Waals surface area contributed by atoms with E-state index in [0.717, 1.165) is 42.7 Å². The second kappa shape index (κ2) is 11.3. The lowest BCUT2D eigenvalue weighted by Gasteiger charge is -2.42. The van der Waals surface area contributed by atoms with E-state index in [2.05, 4.69) is 55.5 Å². The minimum Gasteiger partial charge on any atom is -0.508 e. The van der Waals surface area contributed by atoms with Gasteiger partial charge in [0.25, 0.3) is 0 Å². The molecule has 2 aliphatic heterocycles. The summed E-state index contributed by atoms with van der Waals surface area (Å²) in [7, 11) is 2.15. The van der Waals surface area contributed by atoms with E-state index in [1.165, 1.54) is 29.0 Å². The number of hydrogen-bond acceptors (Lipinski definition) is 7. The van der Waals surface area contributed by atoms with Gasteiger partial charge in [-0.2, -0.15) is 9.97 Å². The number of fused-ring (bicyclic) bond motifs is 2. The molecule has 2 fully saturated rings. The summed E-state index contributed by atoms with van der Waals surface area (Å²) in [6.45, 7) is 11.7. The molecule has 0 bridgehead atoms. The molecule has 0 radical (unpaired) electrons. The van der Waals surface area contributed by atoms with Crippen LogP contribution in [0.4, 0.5) is 5.82 Å². The van der Waals surface area contributed by atoms with Crippen LogP contribution in [0, 0.1) is 5.92 Å². The molecule has 3 heterocycles. The smallest absolute Gasteiger partial charge is 0.318 e. The van der Waals surface area contributed by atoms with Gasteiger partial charge < -0.3 is 24.5 Å². The van der Waals surface area contributed by atoms with Gasteiger partial charge in [0.15, 0.2) is 0 Å². The van der Waals surface area contributed by atoms with E-state index in [4.69, 9.17) is 14.7 Å². The fraction of sp³-hybridized carbons (Fsp3) is 0.485. The van der Waals surface area contributed by atoms with Crippen LogP contribution in [0.1, 0.15) is 49.4 Å². The number of ether oxygens (including phenoxy) is 1. The van der Waals surface area contributed by atoms with Gasteiger partial charge in [-0.25, -0.2) is 0 Å². The summed E-state index contributed by atoms with van der Waals surface area (Å²) in [5, 5.41) is 12.8. The van der Waals surface area contributed by atoms with Crippen molar-refractivity contribution in [2.45, 2.75) is 57.5 Å². The molecule has 1 aromatic heterocycles. The summed E-state index contributed by atoms with van der Waals surface area (Å²) < 4.78 is 6.32. The fourth-order valence-corrected chi connectivity index (χ4v) is 7.06. The first-order valence-corrected chi connectivity index (χ1v) is 14.9. The summed E-state index contributed by atoms with van der Waals surface area (Å²) >= 11 is 0. The summed E-state index contributed by atoms with van der Waals surface area (Å²) in [5.41, 5.74) is 3.37. The van der Waals surface area contributed by atoms with Crippen molar-refractivity contribution in [1.29, 1.82) is 0 Å². The van der Waals surface area contributed by atoms with Crippen LogP contribution >= 0.6 is 0 Å². The van der Waals surface area contributed by atoms with E-state index < -0.39 is 0 Å². The number of likely N-dealkylation sites (N-methyl/N-ethyl adjacent to an activating group) is 1. The average molecular weight is 556 g/mol. The first-order chi connectivity index (χ1) is 19.8. The van der Waals surface area contributed by atoms with Crippen LogP contribution in [0.15, 0.2) is 49.1 Å². The number of aromatic hydroxyl groups is 1. The molecule has 8 heteroatoms. The average Bonchev–Trinajstić information content (AvgIpc) is 3.39. The number of benzene rings is 2. The number of amides is 1. The van der Waals surface area contributed by atoms with Crippen molar-refractivity contribution in [3.05, 3.63) is 65.9 Å². The Morgan fingerprint density at radius 2 is 1.98 bits per heavy atom. The Labute approximate surface area is 242 Å². The van der Waals surface area contributed by atoms with E-state index in [-0.39, 0.29) is 17.9 Å². The van der Waals surface area contributed by atoms with E-state index in [1.807, 2.05) is 23.1 Å². The lowest BCUT2D eigenvalue weighted by Crippen LogP contribution is -2.54. The van der Waals surface area contributed by atoms with E-state index in [0.29, 0.717) is 50.0 Å². The van der Waals surface area contributed by atoms with Crippen molar-refractivity contribution in [2.24, 2.45) is 5.92 Å². The first kappa shape index (κ1) is 27.5. The molecule has 2 aromatic carbocycles. The third-order valence-corrected chi connectivity index (χ3v) is 9.42. The van der Waals surface area contributed by atoms with Crippen LogP contribution in [0.25, 0.3) is 10.8 Å². The molecular weight excluding hydrogens is 514 g/mol. The number of rotatable bonds is 6. The SMILES string of the molecule is C=CC(=O)N1CCN(c2nc(OC[C@@H]3CCCN3C)nc3c2C[C@@H](C)C(c2cc(O)cc4ccccc24)C3)[C@@H](C)C1. The summed E-state index contributed by atoms with van der Waals surface area (Å²) in [6.07, 6.45) is 5.29. The Hall–Kier alpha value is -3.65. The van der Waals surface area contributed by atoms with E-state index >= 15 is 0 Å². The lowest BCUT2D eigenvalue weighted by molar-refractivity contribution is -0.126. The topological polar surface area (TPSA) is 82.0 Å². The van der Waals surface area contributed by atoms with Crippen LogP contribution in [-0.2, 0) is 17.6 Å². The molecule has 3 aromatic rings. The highest BCUT2D eigenvalue weighted by molar-refractivity contribution is 5.88. The maximum Gasteiger partial charge on any atom is 0.318 e. The van der Waals surface area contributed by atoms with E-state index in [9.17, 15) is 9.90 Å². The van der Waals surface area contributed by atoms with Gasteiger partial charge in [0.2, 0.25) is 5.91 Å². The third-order valence-electron chi connectivity index (χ3n) is 9.42. The van der Waals surface area contributed by atoms with Gasteiger partial charge in [0, 0.05) is 37.3 Å². The standard InChI is InChI=1S/C33H41N5O3/c1-5-31(40)37-13-14-38(22(3)19-37)32-29-15-21(2)27(28-17-25(39)16-23-9-6-7-11-26(23)28)18-30(29)34-33(35-32)41-20-24-10-8-12-36(24)4/h5-7,9,11,16-17,21-22,24,27,39H,1,8,10,12-15,18-20H2,2-4H3/t21-,22+,24+,27?/m1/s1. The Morgan fingerprint density at radius 3 is 2.73 bits per heavy atom. The van der Waals surface area contributed by atoms with Crippen LogP contribution < -0.4 is 9.64 Å².